The van der Waals surface area contributed by atoms with E-state index < -0.39 is 0 Å². The van der Waals surface area contributed by atoms with Gasteiger partial charge in [-0.05, 0) is 23.1 Å². The Bertz CT molecular complexity index is 395. The lowest BCUT2D eigenvalue weighted by atomic mass is 9.85. The van der Waals surface area contributed by atoms with Crippen molar-refractivity contribution in [2.75, 3.05) is 0 Å². The zero-order chi connectivity index (χ0) is 13.8. The molecule has 3 N–H and O–H groups in total. The molecule has 0 heterocycles. The molecule has 1 rings (SSSR count). The molecule has 0 aliphatic rings. The highest BCUT2D eigenvalue weighted by molar-refractivity contribution is 9.10. The summed E-state index contributed by atoms with van der Waals surface area (Å²) in [7, 11) is 0. The molecule has 0 aromatic heterocycles. The van der Waals surface area contributed by atoms with Crippen LogP contribution in [0.3, 0.4) is 0 Å². The Morgan fingerprint density at radius 3 is 2.39 bits per heavy atom. The van der Waals surface area contributed by atoms with Gasteiger partial charge in [0.05, 0.1) is 0 Å². The van der Waals surface area contributed by atoms with E-state index in [0.717, 1.165) is 10.0 Å². The van der Waals surface area contributed by atoms with Crippen molar-refractivity contribution in [1.82, 2.24) is 5.32 Å². The third-order valence-corrected chi connectivity index (χ3v) is 3.45. The molecule has 1 amide bonds. The molecular weight excluding hydrogens is 292 g/mol. The fraction of sp³-hybridized carbons (Fsp3) is 0.500. The first-order chi connectivity index (χ1) is 8.29. The van der Waals surface area contributed by atoms with E-state index in [1.165, 1.54) is 0 Å². The first-order valence-electron chi connectivity index (χ1n) is 6.06. The number of nitrogens with two attached hydrogens (primary N) is 1. The van der Waals surface area contributed by atoms with Crippen molar-refractivity contribution in [3.8, 4) is 0 Å². The van der Waals surface area contributed by atoms with Crippen molar-refractivity contribution in [2.24, 2.45) is 11.1 Å². The molecule has 0 radical (unpaired) electrons. The molecule has 1 aromatic carbocycles. The number of hydrogen-bond donors (Lipinski definition) is 2. The second-order valence-corrected chi connectivity index (χ2v) is 6.50. The van der Waals surface area contributed by atoms with Crippen LogP contribution >= 0.6 is 15.9 Å². The van der Waals surface area contributed by atoms with Crippen LogP contribution in [0.4, 0.5) is 0 Å². The molecular formula is C14H21BrN2O. The zero-order valence-corrected chi connectivity index (χ0v) is 12.8. The second-order valence-electron chi connectivity index (χ2n) is 5.58. The maximum Gasteiger partial charge on any atom is 0.221 e. The third-order valence-electron chi connectivity index (χ3n) is 2.92. The van der Waals surface area contributed by atoms with Gasteiger partial charge in [-0.3, -0.25) is 4.79 Å². The lowest BCUT2D eigenvalue weighted by Gasteiger charge is -2.26. The van der Waals surface area contributed by atoms with E-state index in [1.54, 1.807) is 0 Å². The summed E-state index contributed by atoms with van der Waals surface area (Å²) in [6.45, 7) is 6.67. The summed E-state index contributed by atoms with van der Waals surface area (Å²) in [6, 6.07) is 7.76. The van der Waals surface area contributed by atoms with E-state index in [0.29, 0.717) is 13.0 Å². The normalized spacial score (nSPS) is 13.2. The van der Waals surface area contributed by atoms with Gasteiger partial charge in [-0.1, -0.05) is 48.8 Å². The van der Waals surface area contributed by atoms with Gasteiger partial charge in [0.25, 0.3) is 0 Å². The summed E-state index contributed by atoms with van der Waals surface area (Å²) in [6.07, 6.45) is 0.361. The fourth-order valence-corrected chi connectivity index (χ4v) is 1.65. The van der Waals surface area contributed by atoms with Gasteiger partial charge in [-0.15, -0.1) is 0 Å². The molecule has 0 aliphatic heterocycles. The standard InChI is InChI=1S/C14H21BrN2O/c1-14(2,3)12(16)8-13(18)17-9-10-4-6-11(15)7-5-10/h4-7,12H,8-9,16H2,1-3H3,(H,17,18). The Morgan fingerprint density at radius 1 is 1.33 bits per heavy atom. The van der Waals surface area contributed by atoms with Gasteiger partial charge in [0.2, 0.25) is 5.91 Å². The first-order valence-corrected chi connectivity index (χ1v) is 6.85. The predicted octanol–water partition coefficient (Wildman–Crippen LogP) is 2.83. The Balaban J connectivity index is 2.40. The van der Waals surface area contributed by atoms with Gasteiger partial charge >= 0.3 is 0 Å². The van der Waals surface area contributed by atoms with E-state index >= 15 is 0 Å². The molecule has 100 valence electrons. The van der Waals surface area contributed by atoms with Gasteiger partial charge in [0.15, 0.2) is 0 Å². The highest BCUT2D eigenvalue weighted by Crippen LogP contribution is 2.19. The van der Waals surface area contributed by atoms with Crippen LogP contribution < -0.4 is 11.1 Å². The largest absolute Gasteiger partial charge is 0.352 e. The summed E-state index contributed by atoms with van der Waals surface area (Å²) in [5.41, 5.74) is 7.01. The maximum atomic E-state index is 11.7. The van der Waals surface area contributed by atoms with E-state index in [9.17, 15) is 4.79 Å². The number of halogens is 1. The van der Waals surface area contributed by atoms with E-state index in [-0.39, 0.29) is 17.4 Å². The summed E-state index contributed by atoms with van der Waals surface area (Å²) in [4.78, 5) is 11.7. The quantitative estimate of drug-likeness (QED) is 0.898. The molecule has 1 atom stereocenters. The summed E-state index contributed by atoms with van der Waals surface area (Å²) < 4.78 is 1.03. The van der Waals surface area contributed by atoms with Crippen molar-refractivity contribution in [1.29, 1.82) is 0 Å². The zero-order valence-electron chi connectivity index (χ0n) is 11.2. The molecule has 4 heteroatoms. The molecule has 0 saturated heterocycles. The molecule has 0 spiro atoms. The lowest BCUT2D eigenvalue weighted by molar-refractivity contribution is -0.122. The molecule has 1 aromatic rings. The topological polar surface area (TPSA) is 55.1 Å². The van der Waals surface area contributed by atoms with E-state index in [1.807, 2.05) is 45.0 Å². The Labute approximate surface area is 117 Å². The number of benzene rings is 1. The minimum atomic E-state index is -0.123. The fourth-order valence-electron chi connectivity index (χ4n) is 1.38. The minimum absolute atomic E-state index is 0.000318. The minimum Gasteiger partial charge on any atom is -0.352 e. The molecule has 1 unspecified atom stereocenters. The number of carbonyl (C=O) groups excluding carboxylic acids is 1. The van der Waals surface area contributed by atoms with E-state index in [2.05, 4.69) is 21.2 Å². The molecule has 0 aliphatic carbocycles. The van der Waals surface area contributed by atoms with Crippen LogP contribution in [0.2, 0.25) is 0 Å². The monoisotopic (exact) mass is 312 g/mol. The average Bonchev–Trinajstić information content (AvgIpc) is 2.27. The van der Waals surface area contributed by atoms with Crippen LogP contribution in [0, 0.1) is 5.41 Å². The van der Waals surface area contributed by atoms with Gasteiger partial charge in [-0.25, -0.2) is 0 Å². The molecule has 3 nitrogen and oxygen atoms in total. The Kier molecular flexibility index (Phi) is 5.35. The molecule has 0 saturated carbocycles. The maximum absolute atomic E-state index is 11.7. The Morgan fingerprint density at radius 2 is 1.89 bits per heavy atom. The summed E-state index contributed by atoms with van der Waals surface area (Å²) in [5, 5.41) is 2.89. The lowest BCUT2D eigenvalue weighted by Crippen LogP contribution is -2.40. The van der Waals surface area contributed by atoms with Gasteiger partial charge in [0.1, 0.15) is 0 Å². The van der Waals surface area contributed by atoms with Crippen molar-refractivity contribution in [2.45, 2.75) is 39.8 Å². The van der Waals surface area contributed by atoms with Crippen molar-refractivity contribution in [3.63, 3.8) is 0 Å². The average molecular weight is 313 g/mol. The molecule has 0 fully saturated rings. The van der Waals surface area contributed by atoms with Crippen LogP contribution in [0.1, 0.15) is 32.8 Å². The predicted molar refractivity (Wildman–Crippen MR) is 78.0 cm³/mol. The van der Waals surface area contributed by atoms with Crippen molar-refractivity contribution in [3.05, 3.63) is 34.3 Å². The summed E-state index contributed by atoms with van der Waals surface area (Å²) >= 11 is 3.38. The van der Waals surface area contributed by atoms with Crippen LogP contribution in [-0.2, 0) is 11.3 Å². The number of rotatable bonds is 4. The van der Waals surface area contributed by atoms with Gasteiger partial charge < -0.3 is 11.1 Å². The number of carbonyl (C=O) groups is 1. The van der Waals surface area contributed by atoms with Crippen LogP contribution in [0.5, 0.6) is 0 Å². The van der Waals surface area contributed by atoms with Gasteiger partial charge in [-0.2, -0.15) is 0 Å². The highest BCUT2D eigenvalue weighted by Gasteiger charge is 2.22. The smallest absolute Gasteiger partial charge is 0.221 e. The number of hydrogen-bond acceptors (Lipinski definition) is 2. The second kappa shape index (κ2) is 6.34. The molecule has 18 heavy (non-hydrogen) atoms. The highest BCUT2D eigenvalue weighted by atomic mass is 79.9. The van der Waals surface area contributed by atoms with Gasteiger partial charge in [0, 0.05) is 23.5 Å². The number of amides is 1. The Hall–Kier alpha value is -0.870. The van der Waals surface area contributed by atoms with Crippen molar-refractivity contribution >= 4 is 21.8 Å². The first kappa shape index (κ1) is 15.2. The van der Waals surface area contributed by atoms with Crippen LogP contribution in [-0.4, -0.2) is 11.9 Å². The third kappa shape index (κ3) is 5.19. The summed E-state index contributed by atoms with van der Waals surface area (Å²) in [5.74, 6) is 0.000318. The molecule has 0 bridgehead atoms. The van der Waals surface area contributed by atoms with E-state index in [4.69, 9.17) is 5.73 Å². The van der Waals surface area contributed by atoms with Crippen LogP contribution in [0.25, 0.3) is 0 Å². The number of nitrogens with one attached hydrogen (secondary N) is 1. The van der Waals surface area contributed by atoms with Crippen molar-refractivity contribution < 1.29 is 4.79 Å². The SMILES string of the molecule is CC(C)(C)C(N)CC(=O)NCc1ccc(Br)cc1. The van der Waals surface area contributed by atoms with Crippen LogP contribution in [0.15, 0.2) is 28.7 Å².